The Hall–Kier alpha value is -1.88. The van der Waals surface area contributed by atoms with Crippen molar-refractivity contribution >= 4 is 22.5 Å². The Morgan fingerprint density at radius 3 is 2.52 bits per heavy atom. The fourth-order valence-electron chi connectivity index (χ4n) is 2.45. The van der Waals surface area contributed by atoms with E-state index in [1.165, 1.54) is 11.3 Å². The van der Waals surface area contributed by atoms with Gasteiger partial charge < -0.3 is 5.32 Å². The number of benzene rings is 1. The number of rotatable bonds is 6. The number of aromatic nitrogens is 1. The van der Waals surface area contributed by atoms with Gasteiger partial charge in [-0.3, -0.25) is 5.32 Å². The van der Waals surface area contributed by atoms with Crippen LogP contribution >= 0.6 is 11.3 Å². The lowest BCUT2D eigenvalue weighted by atomic mass is 9.89. The van der Waals surface area contributed by atoms with E-state index < -0.39 is 0 Å². The molecule has 2 N–H and O–H groups in total. The lowest BCUT2D eigenvalue weighted by molar-refractivity contribution is 0.241. The van der Waals surface area contributed by atoms with Gasteiger partial charge in [0.2, 0.25) is 0 Å². The number of carbonyl (C=O) groups excluding carboxylic acids is 1. The van der Waals surface area contributed by atoms with E-state index in [4.69, 9.17) is 0 Å². The molecule has 1 atom stereocenters. The highest BCUT2D eigenvalue weighted by Gasteiger charge is 2.22. The van der Waals surface area contributed by atoms with Gasteiger partial charge in [0.05, 0.1) is 6.04 Å². The van der Waals surface area contributed by atoms with Gasteiger partial charge in [0.25, 0.3) is 0 Å². The molecule has 0 aliphatic carbocycles. The van der Waals surface area contributed by atoms with Gasteiger partial charge in [0, 0.05) is 11.6 Å². The average molecular weight is 303 g/mol. The van der Waals surface area contributed by atoms with Gasteiger partial charge in [-0.1, -0.05) is 57.0 Å². The highest BCUT2D eigenvalue weighted by Crippen LogP contribution is 2.27. The highest BCUT2D eigenvalue weighted by molar-refractivity contribution is 7.13. The number of nitrogens with one attached hydrogen (secondary N) is 2. The molecule has 0 bridgehead atoms. The van der Waals surface area contributed by atoms with Gasteiger partial charge in [0.15, 0.2) is 5.13 Å². The molecular weight excluding hydrogens is 282 g/mol. The molecule has 0 fully saturated rings. The van der Waals surface area contributed by atoms with E-state index in [2.05, 4.69) is 41.6 Å². The molecule has 21 heavy (non-hydrogen) atoms. The number of thiazole rings is 1. The van der Waals surface area contributed by atoms with Crippen molar-refractivity contribution in [2.75, 3.05) is 5.32 Å². The van der Waals surface area contributed by atoms with Crippen molar-refractivity contribution in [2.45, 2.75) is 32.7 Å². The van der Waals surface area contributed by atoms with Crippen LogP contribution in [-0.4, -0.2) is 11.0 Å². The molecule has 1 aromatic heterocycles. The summed E-state index contributed by atoms with van der Waals surface area (Å²) in [6.45, 7) is 4.31. The maximum atomic E-state index is 12.2. The first-order chi connectivity index (χ1) is 10.2. The van der Waals surface area contributed by atoms with E-state index in [9.17, 15) is 4.79 Å². The minimum absolute atomic E-state index is 0.0150. The van der Waals surface area contributed by atoms with Gasteiger partial charge in [-0.15, -0.1) is 11.3 Å². The Balaban J connectivity index is 2.10. The molecule has 1 aromatic carbocycles. The lowest BCUT2D eigenvalue weighted by Gasteiger charge is -2.26. The molecular formula is C16H21N3OS. The summed E-state index contributed by atoms with van der Waals surface area (Å²) in [5.74, 6) is 0.412. The number of hydrogen-bond acceptors (Lipinski definition) is 3. The van der Waals surface area contributed by atoms with Crippen molar-refractivity contribution < 1.29 is 4.79 Å². The van der Waals surface area contributed by atoms with Gasteiger partial charge in [-0.25, -0.2) is 9.78 Å². The number of urea groups is 1. The molecule has 0 aliphatic rings. The van der Waals surface area contributed by atoms with E-state index in [0.717, 1.165) is 18.4 Å². The molecule has 2 rings (SSSR count). The van der Waals surface area contributed by atoms with Crippen LogP contribution in [0.2, 0.25) is 0 Å². The number of nitrogens with zero attached hydrogens (tertiary/aromatic N) is 1. The van der Waals surface area contributed by atoms with E-state index in [1.807, 2.05) is 23.6 Å². The number of amides is 2. The minimum atomic E-state index is -0.203. The van der Waals surface area contributed by atoms with E-state index in [-0.39, 0.29) is 12.1 Å². The van der Waals surface area contributed by atoms with Crippen LogP contribution < -0.4 is 10.6 Å². The summed E-state index contributed by atoms with van der Waals surface area (Å²) in [5.41, 5.74) is 1.14. The van der Waals surface area contributed by atoms with Crippen LogP contribution in [0.4, 0.5) is 9.93 Å². The SMILES string of the molecule is CCC(CC)C(NC(=O)Nc1nccs1)c1ccccc1. The van der Waals surface area contributed by atoms with Crippen LogP contribution in [0, 0.1) is 5.92 Å². The predicted octanol–water partition coefficient (Wildman–Crippen LogP) is 4.44. The Labute approximate surface area is 129 Å². The molecule has 0 aliphatic heterocycles. The zero-order valence-electron chi connectivity index (χ0n) is 12.4. The molecule has 0 radical (unpaired) electrons. The topological polar surface area (TPSA) is 54.0 Å². The predicted molar refractivity (Wildman–Crippen MR) is 87.5 cm³/mol. The summed E-state index contributed by atoms with van der Waals surface area (Å²) in [7, 11) is 0. The highest BCUT2D eigenvalue weighted by atomic mass is 32.1. The Kier molecular flexibility index (Phi) is 5.75. The second kappa shape index (κ2) is 7.78. The summed E-state index contributed by atoms with van der Waals surface area (Å²) in [4.78, 5) is 16.2. The molecule has 0 saturated carbocycles. The van der Waals surface area contributed by atoms with Crippen molar-refractivity contribution in [1.82, 2.24) is 10.3 Å². The fraction of sp³-hybridized carbons (Fsp3) is 0.375. The molecule has 1 unspecified atom stereocenters. The second-order valence-corrected chi connectivity index (χ2v) is 5.80. The molecule has 0 spiro atoms. The van der Waals surface area contributed by atoms with Crippen molar-refractivity contribution in [3.05, 3.63) is 47.5 Å². The zero-order valence-corrected chi connectivity index (χ0v) is 13.2. The number of carbonyl (C=O) groups is 1. The second-order valence-electron chi connectivity index (χ2n) is 4.90. The first-order valence-electron chi connectivity index (χ1n) is 7.26. The maximum absolute atomic E-state index is 12.2. The molecule has 4 nitrogen and oxygen atoms in total. The van der Waals surface area contributed by atoms with Gasteiger partial charge >= 0.3 is 6.03 Å². The van der Waals surface area contributed by atoms with Crippen LogP contribution in [0.25, 0.3) is 0 Å². The summed E-state index contributed by atoms with van der Waals surface area (Å²) in [6.07, 6.45) is 3.72. The summed E-state index contributed by atoms with van der Waals surface area (Å²) in [5, 5.41) is 8.33. The average Bonchev–Trinajstić information content (AvgIpc) is 3.01. The van der Waals surface area contributed by atoms with Crippen LogP contribution in [0.15, 0.2) is 41.9 Å². The normalized spacial score (nSPS) is 12.1. The van der Waals surface area contributed by atoms with Gasteiger partial charge in [-0.05, 0) is 11.5 Å². The minimum Gasteiger partial charge on any atom is -0.331 e. The van der Waals surface area contributed by atoms with Crippen molar-refractivity contribution in [1.29, 1.82) is 0 Å². The van der Waals surface area contributed by atoms with Gasteiger partial charge in [-0.2, -0.15) is 0 Å². The number of anilines is 1. The lowest BCUT2D eigenvalue weighted by Crippen LogP contribution is -2.36. The maximum Gasteiger partial charge on any atom is 0.321 e. The third-order valence-electron chi connectivity index (χ3n) is 3.62. The molecule has 0 saturated heterocycles. The smallest absolute Gasteiger partial charge is 0.321 e. The van der Waals surface area contributed by atoms with Crippen molar-refractivity contribution in [3.63, 3.8) is 0 Å². The molecule has 1 heterocycles. The quantitative estimate of drug-likeness (QED) is 0.828. The van der Waals surface area contributed by atoms with Crippen LogP contribution in [0.5, 0.6) is 0 Å². The van der Waals surface area contributed by atoms with E-state index in [1.54, 1.807) is 6.20 Å². The summed E-state index contributed by atoms with van der Waals surface area (Å²) >= 11 is 1.41. The van der Waals surface area contributed by atoms with Crippen LogP contribution in [-0.2, 0) is 0 Å². The van der Waals surface area contributed by atoms with Crippen molar-refractivity contribution in [2.24, 2.45) is 5.92 Å². The standard InChI is InChI=1S/C16H21N3OS/c1-3-12(4-2)14(13-8-6-5-7-9-13)18-15(20)19-16-17-10-11-21-16/h5-12,14H,3-4H2,1-2H3,(H2,17,18,19,20). The number of hydrogen-bond donors (Lipinski definition) is 2. The summed E-state index contributed by atoms with van der Waals surface area (Å²) < 4.78 is 0. The molecule has 5 heteroatoms. The Bertz CT molecular complexity index is 538. The van der Waals surface area contributed by atoms with E-state index >= 15 is 0 Å². The zero-order chi connectivity index (χ0) is 15.1. The third kappa shape index (κ3) is 4.29. The molecule has 2 amide bonds. The third-order valence-corrected chi connectivity index (χ3v) is 4.31. The fourth-order valence-corrected chi connectivity index (χ4v) is 2.98. The largest absolute Gasteiger partial charge is 0.331 e. The van der Waals surface area contributed by atoms with Crippen molar-refractivity contribution in [3.8, 4) is 0 Å². The van der Waals surface area contributed by atoms with Gasteiger partial charge in [0.1, 0.15) is 0 Å². The first kappa shape index (κ1) is 15.5. The Morgan fingerprint density at radius 1 is 1.24 bits per heavy atom. The van der Waals surface area contributed by atoms with E-state index in [0.29, 0.717) is 11.0 Å². The van der Waals surface area contributed by atoms with Crippen LogP contribution in [0.3, 0.4) is 0 Å². The first-order valence-corrected chi connectivity index (χ1v) is 8.14. The monoisotopic (exact) mass is 303 g/mol. The van der Waals surface area contributed by atoms with Crippen LogP contribution in [0.1, 0.15) is 38.3 Å². The molecule has 112 valence electrons. The summed E-state index contributed by atoms with van der Waals surface area (Å²) in [6, 6.07) is 9.94. The molecule has 2 aromatic rings. The Morgan fingerprint density at radius 2 is 1.95 bits per heavy atom.